The van der Waals surface area contributed by atoms with Gasteiger partial charge in [-0.2, -0.15) is 5.10 Å². The number of aromatic amines is 1. The van der Waals surface area contributed by atoms with Crippen molar-refractivity contribution in [1.29, 1.82) is 0 Å². The van der Waals surface area contributed by atoms with Gasteiger partial charge in [-0.3, -0.25) is 15.0 Å². The number of fused-ring (bicyclic) bond motifs is 1. The molecule has 4 heteroatoms. The normalized spacial score (nSPS) is 14.1. The van der Waals surface area contributed by atoms with Gasteiger partial charge in [0.15, 0.2) is 0 Å². The first-order valence-electron chi connectivity index (χ1n) is 10.2. The average Bonchev–Trinajstić information content (AvgIpc) is 3.19. The molecule has 0 saturated heterocycles. The number of nitrogens with one attached hydrogen (secondary N) is 1. The summed E-state index contributed by atoms with van der Waals surface area (Å²) in [4.78, 5) is 6.76. The Morgan fingerprint density at radius 2 is 1.62 bits per heavy atom. The van der Waals surface area contributed by atoms with E-state index < -0.39 is 0 Å². The van der Waals surface area contributed by atoms with Crippen LogP contribution in [0.4, 0.5) is 0 Å². The van der Waals surface area contributed by atoms with E-state index in [1.807, 2.05) is 18.5 Å². The van der Waals surface area contributed by atoms with Gasteiger partial charge in [-0.1, -0.05) is 66.7 Å². The molecular weight excluding hydrogens is 356 g/mol. The van der Waals surface area contributed by atoms with Crippen molar-refractivity contribution in [2.45, 2.75) is 25.4 Å². The number of hydrogen-bond acceptors (Lipinski definition) is 3. The zero-order valence-corrected chi connectivity index (χ0v) is 16.3. The van der Waals surface area contributed by atoms with Crippen LogP contribution in [0, 0.1) is 0 Å². The number of hydrogen-bond donors (Lipinski definition) is 1. The molecule has 144 valence electrons. The maximum absolute atomic E-state index is 4.83. The van der Waals surface area contributed by atoms with Crippen molar-refractivity contribution in [2.75, 3.05) is 6.54 Å². The van der Waals surface area contributed by atoms with Gasteiger partial charge in [0.1, 0.15) is 0 Å². The van der Waals surface area contributed by atoms with E-state index in [0.717, 1.165) is 31.7 Å². The molecule has 0 bridgehead atoms. The summed E-state index contributed by atoms with van der Waals surface area (Å²) in [7, 11) is 0. The summed E-state index contributed by atoms with van der Waals surface area (Å²) in [5, 5.41) is 8.17. The molecule has 0 atom stereocenters. The third-order valence-corrected chi connectivity index (χ3v) is 5.71. The average molecular weight is 380 g/mol. The first-order chi connectivity index (χ1) is 14.4. The number of H-pyrrole nitrogens is 1. The highest BCUT2D eigenvalue weighted by molar-refractivity contribution is 5.45. The molecule has 3 heterocycles. The lowest BCUT2D eigenvalue weighted by molar-refractivity contribution is 0.243. The molecule has 5 rings (SSSR count). The first-order valence-corrected chi connectivity index (χ1v) is 10.2. The smallest absolute Gasteiger partial charge is 0.0788 e. The van der Waals surface area contributed by atoms with Gasteiger partial charge in [0.2, 0.25) is 0 Å². The summed E-state index contributed by atoms with van der Waals surface area (Å²) in [5.74, 6) is 0.135. The highest BCUT2D eigenvalue weighted by Crippen LogP contribution is 2.35. The molecule has 0 fully saturated rings. The van der Waals surface area contributed by atoms with Gasteiger partial charge in [0.25, 0.3) is 0 Å². The van der Waals surface area contributed by atoms with Crippen molar-refractivity contribution in [3.8, 4) is 0 Å². The van der Waals surface area contributed by atoms with Gasteiger partial charge in [-0.15, -0.1) is 0 Å². The topological polar surface area (TPSA) is 44.8 Å². The van der Waals surface area contributed by atoms with Crippen LogP contribution in [0.1, 0.15) is 39.6 Å². The Balaban J connectivity index is 1.50. The number of benzene rings is 2. The fourth-order valence-corrected chi connectivity index (χ4v) is 4.30. The maximum Gasteiger partial charge on any atom is 0.0788 e. The minimum Gasteiger partial charge on any atom is -0.294 e. The molecule has 0 spiro atoms. The maximum atomic E-state index is 4.83. The minimum atomic E-state index is 0.135. The van der Waals surface area contributed by atoms with E-state index in [4.69, 9.17) is 5.10 Å². The molecule has 0 saturated carbocycles. The van der Waals surface area contributed by atoms with Crippen LogP contribution in [0.15, 0.2) is 85.2 Å². The summed E-state index contributed by atoms with van der Waals surface area (Å²) in [6.45, 7) is 2.86. The molecule has 0 radical (unpaired) electrons. The number of aromatic nitrogens is 3. The summed E-state index contributed by atoms with van der Waals surface area (Å²) in [6.07, 6.45) is 4.79. The predicted molar refractivity (Wildman–Crippen MR) is 114 cm³/mol. The van der Waals surface area contributed by atoms with Crippen LogP contribution in [0.3, 0.4) is 0 Å². The van der Waals surface area contributed by atoms with Gasteiger partial charge in [-0.05, 0) is 22.8 Å². The second-order valence-electron chi connectivity index (χ2n) is 7.64. The van der Waals surface area contributed by atoms with Gasteiger partial charge < -0.3 is 0 Å². The summed E-state index contributed by atoms with van der Waals surface area (Å²) < 4.78 is 0. The third-order valence-electron chi connectivity index (χ3n) is 5.71. The van der Waals surface area contributed by atoms with Crippen molar-refractivity contribution < 1.29 is 0 Å². The fourth-order valence-electron chi connectivity index (χ4n) is 4.30. The lowest BCUT2D eigenvalue weighted by Gasteiger charge is -2.28. The van der Waals surface area contributed by atoms with Gasteiger partial charge >= 0.3 is 0 Å². The molecule has 0 unspecified atom stereocenters. The minimum absolute atomic E-state index is 0.135. The van der Waals surface area contributed by atoms with Crippen LogP contribution >= 0.6 is 0 Å². The zero-order chi connectivity index (χ0) is 19.5. The molecule has 1 aliphatic rings. The Labute approximate surface area is 171 Å². The predicted octanol–water partition coefficient (Wildman–Crippen LogP) is 4.54. The van der Waals surface area contributed by atoms with Gasteiger partial charge in [0.05, 0.1) is 11.6 Å². The van der Waals surface area contributed by atoms with E-state index in [2.05, 4.69) is 81.7 Å². The monoisotopic (exact) mass is 380 g/mol. The quantitative estimate of drug-likeness (QED) is 0.553. The lowest BCUT2D eigenvalue weighted by atomic mass is 9.85. The Kier molecular flexibility index (Phi) is 4.93. The molecule has 4 nitrogen and oxygen atoms in total. The van der Waals surface area contributed by atoms with Crippen LogP contribution in [-0.4, -0.2) is 26.6 Å². The summed E-state index contributed by atoms with van der Waals surface area (Å²) in [6, 6.07) is 25.6. The number of nitrogens with zero attached hydrogens (tertiary/aromatic N) is 3. The number of rotatable bonds is 5. The first kappa shape index (κ1) is 17.8. The highest BCUT2D eigenvalue weighted by atomic mass is 15.2. The van der Waals surface area contributed by atoms with E-state index in [1.54, 1.807) is 0 Å². The number of pyridine rings is 1. The second-order valence-corrected chi connectivity index (χ2v) is 7.64. The molecule has 2 aromatic heterocycles. The Bertz CT molecular complexity index is 1020. The summed E-state index contributed by atoms with van der Waals surface area (Å²) in [5.41, 5.74) is 7.57. The van der Waals surface area contributed by atoms with Crippen molar-refractivity contribution >= 4 is 0 Å². The fraction of sp³-hybridized carbons (Fsp3) is 0.200. The van der Waals surface area contributed by atoms with Gasteiger partial charge in [-0.25, -0.2) is 0 Å². The Morgan fingerprint density at radius 3 is 2.28 bits per heavy atom. The van der Waals surface area contributed by atoms with Crippen LogP contribution in [0.2, 0.25) is 0 Å². The van der Waals surface area contributed by atoms with Crippen LogP contribution in [0.5, 0.6) is 0 Å². The summed E-state index contributed by atoms with van der Waals surface area (Å²) >= 11 is 0. The second kappa shape index (κ2) is 8.02. The molecular formula is C25H24N4. The van der Waals surface area contributed by atoms with E-state index >= 15 is 0 Å². The molecule has 0 amide bonds. The van der Waals surface area contributed by atoms with Crippen LogP contribution in [0.25, 0.3) is 0 Å². The van der Waals surface area contributed by atoms with Crippen molar-refractivity contribution in [3.05, 3.63) is 119 Å². The molecule has 1 aliphatic heterocycles. The van der Waals surface area contributed by atoms with Crippen molar-refractivity contribution in [2.24, 2.45) is 0 Å². The van der Waals surface area contributed by atoms with Gasteiger partial charge in [0, 0.05) is 49.7 Å². The molecule has 2 aromatic carbocycles. The van der Waals surface area contributed by atoms with E-state index in [0.29, 0.717) is 0 Å². The Hall–Kier alpha value is -3.24. The lowest BCUT2D eigenvalue weighted by Crippen LogP contribution is -2.30. The molecule has 29 heavy (non-hydrogen) atoms. The van der Waals surface area contributed by atoms with E-state index in [-0.39, 0.29) is 5.92 Å². The van der Waals surface area contributed by atoms with E-state index in [9.17, 15) is 0 Å². The Morgan fingerprint density at radius 1 is 0.897 bits per heavy atom. The standard InChI is InChI=1S/C25H24N4/c1-3-9-20(10-4-1)24(21-11-5-2-6-12-21)25-22-18-29(15-13-23(22)27-28-25)17-19-8-7-14-26-16-19/h1-12,14,16,24H,13,15,17-18H2,(H,27,28). The van der Waals surface area contributed by atoms with Crippen molar-refractivity contribution in [3.63, 3.8) is 0 Å². The highest BCUT2D eigenvalue weighted by Gasteiger charge is 2.28. The van der Waals surface area contributed by atoms with Crippen molar-refractivity contribution in [1.82, 2.24) is 20.1 Å². The third kappa shape index (κ3) is 3.71. The SMILES string of the molecule is c1ccc(C(c2ccccc2)c2n[nH]c3c2CN(Cc2cccnc2)CC3)cc1. The molecule has 0 aliphatic carbocycles. The van der Waals surface area contributed by atoms with Crippen LogP contribution < -0.4 is 0 Å². The molecule has 4 aromatic rings. The largest absolute Gasteiger partial charge is 0.294 e. The van der Waals surface area contributed by atoms with E-state index in [1.165, 1.54) is 27.9 Å². The molecule has 1 N–H and O–H groups in total. The van der Waals surface area contributed by atoms with Crippen LogP contribution in [-0.2, 0) is 19.5 Å². The zero-order valence-electron chi connectivity index (χ0n) is 16.3.